The van der Waals surface area contributed by atoms with Crippen LogP contribution in [0.4, 0.5) is 0 Å². The van der Waals surface area contributed by atoms with E-state index >= 15 is 0 Å². The van der Waals surface area contributed by atoms with Crippen molar-refractivity contribution in [3.8, 4) is 5.88 Å². The third kappa shape index (κ3) is 3.01. The van der Waals surface area contributed by atoms with E-state index in [-0.39, 0.29) is 5.91 Å². The highest BCUT2D eigenvalue weighted by atomic mass is 16.5. The molecule has 2 heterocycles. The summed E-state index contributed by atoms with van der Waals surface area (Å²) in [6.07, 6.45) is 3.31. The molecule has 0 spiro atoms. The van der Waals surface area contributed by atoms with Crippen molar-refractivity contribution >= 4 is 5.91 Å². The molecule has 0 aromatic carbocycles. The average Bonchev–Trinajstić information content (AvgIpc) is 2.82. The highest BCUT2D eigenvalue weighted by molar-refractivity contribution is 5.96. The molecule has 0 aliphatic carbocycles. The molecule has 6 heteroatoms. The monoisotopic (exact) mass is 253 g/mol. The Bertz CT molecular complexity index is 403. The number of aryl methyl sites for hydroxylation is 1. The van der Waals surface area contributed by atoms with E-state index in [1.54, 1.807) is 10.9 Å². The maximum Gasteiger partial charge on any atom is 0.258 e. The molecule has 1 aromatic rings. The van der Waals surface area contributed by atoms with Crippen LogP contribution in [0.1, 0.15) is 30.1 Å². The van der Waals surface area contributed by atoms with Crippen LogP contribution < -0.4 is 10.1 Å². The van der Waals surface area contributed by atoms with Gasteiger partial charge in [0.25, 0.3) is 5.91 Å². The summed E-state index contributed by atoms with van der Waals surface area (Å²) in [6.45, 7) is 5.39. The fourth-order valence-electron chi connectivity index (χ4n) is 1.84. The van der Waals surface area contributed by atoms with Crippen molar-refractivity contribution in [2.75, 3.05) is 26.4 Å². The molecule has 0 radical (unpaired) electrons. The first kappa shape index (κ1) is 12.9. The van der Waals surface area contributed by atoms with Crippen molar-refractivity contribution in [3.63, 3.8) is 0 Å². The summed E-state index contributed by atoms with van der Waals surface area (Å²) in [5.74, 6) is 0.457. The van der Waals surface area contributed by atoms with E-state index in [2.05, 4.69) is 10.4 Å². The largest absolute Gasteiger partial charge is 0.477 e. The Morgan fingerprint density at radius 2 is 2.56 bits per heavy atom. The van der Waals surface area contributed by atoms with Gasteiger partial charge in [0, 0.05) is 32.7 Å². The summed E-state index contributed by atoms with van der Waals surface area (Å²) in [5, 5.41) is 6.98. The zero-order valence-electron chi connectivity index (χ0n) is 10.6. The van der Waals surface area contributed by atoms with Crippen LogP contribution in [0.2, 0.25) is 0 Å². The van der Waals surface area contributed by atoms with E-state index in [9.17, 15) is 4.79 Å². The molecule has 2 rings (SSSR count). The minimum Gasteiger partial charge on any atom is -0.477 e. The quantitative estimate of drug-likeness (QED) is 0.762. The molecule has 0 saturated heterocycles. The minimum absolute atomic E-state index is 0.130. The Kier molecular flexibility index (Phi) is 4.58. The van der Waals surface area contributed by atoms with Crippen molar-refractivity contribution < 1.29 is 14.3 Å². The topological polar surface area (TPSA) is 65.4 Å². The number of carbonyl (C=O) groups is 1. The van der Waals surface area contributed by atoms with Crippen molar-refractivity contribution in [2.24, 2.45) is 0 Å². The summed E-state index contributed by atoms with van der Waals surface area (Å²) in [4.78, 5) is 11.9. The Morgan fingerprint density at radius 3 is 3.39 bits per heavy atom. The summed E-state index contributed by atoms with van der Waals surface area (Å²) >= 11 is 0. The number of hydrogen-bond acceptors (Lipinski definition) is 4. The van der Waals surface area contributed by atoms with E-state index in [4.69, 9.17) is 9.47 Å². The maximum atomic E-state index is 11.9. The molecular weight excluding hydrogens is 234 g/mol. The molecule has 0 bridgehead atoms. The van der Waals surface area contributed by atoms with Crippen LogP contribution in [0.25, 0.3) is 0 Å². The average molecular weight is 253 g/mol. The van der Waals surface area contributed by atoms with Gasteiger partial charge in [0.2, 0.25) is 5.88 Å². The molecule has 0 saturated carbocycles. The SMILES string of the molecule is CCOCCCNC(=O)c1cnn2c1OCCC2. The normalized spacial score (nSPS) is 13.8. The maximum absolute atomic E-state index is 11.9. The third-order valence-electron chi connectivity index (χ3n) is 2.74. The highest BCUT2D eigenvalue weighted by Crippen LogP contribution is 2.21. The fourth-order valence-corrected chi connectivity index (χ4v) is 1.84. The van der Waals surface area contributed by atoms with Gasteiger partial charge in [0.05, 0.1) is 12.8 Å². The molecule has 0 atom stereocenters. The van der Waals surface area contributed by atoms with Gasteiger partial charge in [0.1, 0.15) is 5.56 Å². The summed E-state index contributed by atoms with van der Waals surface area (Å²) < 4.78 is 12.4. The lowest BCUT2D eigenvalue weighted by Gasteiger charge is -2.15. The Hall–Kier alpha value is -1.56. The van der Waals surface area contributed by atoms with Crippen molar-refractivity contribution in [1.82, 2.24) is 15.1 Å². The Morgan fingerprint density at radius 1 is 1.67 bits per heavy atom. The van der Waals surface area contributed by atoms with Crippen LogP contribution in [-0.4, -0.2) is 42.1 Å². The number of nitrogens with zero attached hydrogens (tertiary/aromatic N) is 2. The number of fused-ring (bicyclic) bond motifs is 1. The zero-order chi connectivity index (χ0) is 12.8. The molecule has 1 aliphatic rings. The Balaban J connectivity index is 1.83. The number of nitrogens with one attached hydrogen (secondary N) is 1. The molecule has 1 aromatic heterocycles. The number of hydrogen-bond donors (Lipinski definition) is 1. The molecule has 1 aliphatic heterocycles. The van der Waals surface area contributed by atoms with Gasteiger partial charge in [-0.1, -0.05) is 0 Å². The van der Waals surface area contributed by atoms with Gasteiger partial charge < -0.3 is 14.8 Å². The lowest BCUT2D eigenvalue weighted by molar-refractivity contribution is 0.0938. The van der Waals surface area contributed by atoms with Gasteiger partial charge in [-0.2, -0.15) is 5.10 Å². The van der Waals surface area contributed by atoms with Gasteiger partial charge in [-0.3, -0.25) is 4.79 Å². The van der Waals surface area contributed by atoms with Crippen LogP contribution in [-0.2, 0) is 11.3 Å². The first-order chi connectivity index (χ1) is 8.83. The second kappa shape index (κ2) is 6.39. The van der Waals surface area contributed by atoms with Gasteiger partial charge in [0.15, 0.2) is 0 Å². The standard InChI is InChI=1S/C12H19N3O3/c1-2-17-7-3-5-13-11(16)10-9-14-15-6-4-8-18-12(10)15/h9H,2-8H2,1H3,(H,13,16). The van der Waals surface area contributed by atoms with E-state index < -0.39 is 0 Å². The second-order valence-corrected chi connectivity index (χ2v) is 4.09. The van der Waals surface area contributed by atoms with E-state index in [0.29, 0.717) is 37.8 Å². The van der Waals surface area contributed by atoms with Gasteiger partial charge in [-0.15, -0.1) is 0 Å². The number of ether oxygens (including phenoxy) is 2. The van der Waals surface area contributed by atoms with Gasteiger partial charge in [-0.05, 0) is 13.3 Å². The fraction of sp³-hybridized carbons (Fsp3) is 0.667. The number of amides is 1. The smallest absolute Gasteiger partial charge is 0.258 e. The highest BCUT2D eigenvalue weighted by Gasteiger charge is 2.20. The van der Waals surface area contributed by atoms with Crippen molar-refractivity contribution in [2.45, 2.75) is 26.3 Å². The number of rotatable bonds is 6. The van der Waals surface area contributed by atoms with Crippen LogP contribution in [0.5, 0.6) is 5.88 Å². The second-order valence-electron chi connectivity index (χ2n) is 4.09. The predicted octanol–water partition coefficient (Wildman–Crippen LogP) is 0.822. The summed E-state index contributed by atoms with van der Waals surface area (Å²) in [5.41, 5.74) is 0.520. The zero-order valence-corrected chi connectivity index (χ0v) is 10.6. The van der Waals surface area contributed by atoms with Crippen LogP contribution in [0.15, 0.2) is 6.20 Å². The molecule has 18 heavy (non-hydrogen) atoms. The minimum atomic E-state index is -0.130. The van der Waals surface area contributed by atoms with Crippen LogP contribution in [0.3, 0.4) is 0 Å². The predicted molar refractivity (Wildman–Crippen MR) is 65.8 cm³/mol. The summed E-state index contributed by atoms with van der Waals surface area (Å²) in [7, 11) is 0. The molecule has 1 N–H and O–H groups in total. The van der Waals surface area contributed by atoms with Crippen LogP contribution in [0, 0.1) is 0 Å². The molecule has 1 amide bonds. The summed E-state index contributed by atoms with van der Waals surface area (Å²) in [6, 6.07) is 0. The molecule has 100 valence electrons. The van der Waals surface area contributed by atoms with Gasteiger partial charge >= 0.3 is 0 Å². The van der Waals surface area contributed by atoms with E-state index in [1.807, 2.05) is 6.92 Å². The van der Waals surface area contributed by atoms with E-state index in [1.165, 1.54) is 0 Å². The van der Waals surface area contributed by atoms with Gasteiger partial charge in [-0.25, -0.2) is 4.68 Å². The number of aromatic nitrogens is 2. The molecular formula is C12H19N3O3. The first-order valence-corrected chi connectivity index (χ1v) is 6.37. The Labute approximate surface area is 106 Å². The lowest BCUT2D eigenvalue weighted by Crippen LogP contribution is -2.26. The molecule has 6 nitrogen and oxygen atoms in total. The first-order valence-electron chi connectivity index (χ1n) is 6.37. The molecule has 0 fully saturated rings. The molecule has 0 unspecified atom stereocenters. The van der Waals surface area contributed by atoms with Crippen molar-refractivity contribution in [1.29, 1.82) is 0 Å². The third-order valence-corrected chi connectivity index (χ3v) is 2.74. The van der Waals surface area contributed by atoms with E-state index in [0.717, 1.165) is 19.4 Å². The van der Waals surface area contributed by atoms with Crippen LogP contribution >= 0.6 is 0 Å². The van der Waals surface area contributed by atoms with Crippen molar-refractivity contribution in [3.05, 3.63) is 11.8 Å². The number of carbonyl (C=O) groups excluding carboxylic acids is 1. The lowest BCUT2D eigenvalue weighted by atomic mass is 10.3.